The highest BCUT2D eigenvalue weighted by Gasteiger charge is 2.35. The van der Waals surface area contributed by atoms with Gasteiger partial charge >= 0.3 is 0 Å². The second-order valence-electron chi connectivity index (χ2n) is 7.09. The molecule has 0 unspecified atom stereocenters. The third-order valence-corrected chi connectivity index (χ3v) is 5.27. The van der Waals surface area contributed by atoms with Crippen LogP contribution < -0.4 is 9.47 Å². The van der Waals surface area contributed by atoms with Gasteiger partial charge in [0.2, 0.25) is 6.79 Å². The summed E-state index contributed by atoms with van der Waals surface area (Å²) in [6.45, 7) is 6.23. The summed E-state index contributed by atoms with van der Waals surface area (Å²) in [6.07, 6.45) is 6.89. The molecule has 1 saturated carbocycles. The van der Waals surface area contributed by atoms with Gasteiger partial charge in [0.25, 0.3) is 0 Å². The van der Waals surface area contributed by atoms with E-state index in [1.807, 2.05) is 19.2 Å². The van der Waals surface area contributed by atoms with Crippen LogP contribution in [0.2, 0.25) is 0 Å². The van der Waals surface area contributed by atoms with Gasteiger partial charge in [0.15, 0.2) is 17.4 Å². The molecular formula is C19H24N2O3. The predicted octanol–water partition coefficient (Wildman–Crippen LogP) is 4.05. The van der Waals surface area contributed by atoms with Crippen molar-refractivity contribution < 1.29 is 13.9 Å². The SMILES string of the molecule is Cc1ncc(CN(Cc2ccc3c(c2)OCO3)C2(C)CCCC2)o1. The summed E-state index contributed by atoms with van der Waals surface area (Å²) >= 11 is 0. The van der Waals surface area contributed by atoms with Gasteiger partial charge in [-0.15, -0.1) is 0 Å². The molecule has 5 nitrogen and oxygen atoms in total. The highest BCUT2D eigenvalue weighted by Crippen LogP contribution is 2.38. The van der Waals surface area contributed by atoms with Gasteiger partial charge in [0.05, 0.1) is 12.7 Å². The van der Waals surface area contributed by atoms with Crippen molar-refractivity contribution in [2.45, 2.75) is 58.2 Å². The zero-order valence-electron chi connectivity index (χ0n) is 14.4. The second kappa shape index (κ2) is 6.13. The van der Waals surface area contributed by atoms with Crippen molar-refractivity contribution in [1.82, 2.24) is 9.88 Å². The topological polar surface area (TPSA) is 47.7 Å². The molecule has 0 bridgehead atoms. The highest BCUT2D eigenvalue weighted by molar-refractivity contribution is 5.44. The van der Waals surface area contributed by atoms with E-state index in [0.29, 0.717) is 6.79 Å². The fraction of sp³-hybridized carbons (Fsp3) is 0.526. The van der Waals surface area contributed by atoms with Crippen LogP contribution in [0.15, 0.2) is 28.8 Å². The first kappa shape index (κ1) is 15.5. The van der Waals surface area contributed by atoms with Gasteiger partial charge in [-0.1, -0.05) is 18.9 Å². The average Bonchev–Trinajstić information content (AvgIpc) is 3.28. The lowest BCUT2D eigenvalue weighted by Crippen LogP contribution is -2.43. The van der Waals surface area contributed by atoms with Crippen LogP contribution in [0.4, 0.5) is 0 Å². The summed E-state index contributed by atoms with van der Waals surface area (Å²) in [7, 11) is 0. The van der Waals surface area contributed by atoms with Crippen molar-refractivity contribution in [3.63, 3.8) is 0 Å². The van der Waals surface area contributed by atoms with E-state index in [1.54, 1.807) is 0 Å². The summed E-state index contributed by atoms with van der Waals surface area (Å²) in [5.41, 5.74) is 1.44. The van der Waals surface area contributed by atoms with E-state index in [2.05, 4.69) is 28.9 Å². The van der Waals surface area contributed by atoms with Gasteiger partial charge < -0.3 is 13.9 Å². The van der Waals surface area contributed by atoms with E-state index < -0.39 is 0 Å². The number of fused-ring (bicyclic) bond motifs is 1. The Bertz CT molecular complexity index is 719. The first-order valence-corrected chi connectivity index (χ1v) is 8.67. The Morgan fingerprint density at radius 2 is 1.92 bits per heavy atom. The molecule has 0 radical (unpaired) electrons. The first-order chi connectivity index (χ1) is 11.6. The van der Waals surface area contributed by atoms with Crippen LogP contribution in [0, 0.1) is 6.92 Å². The minimum absolute atomic E-state index is 0.205. The van der Waals surface area contributed by atoms with Crippen molar-refractivity contribution in [2.24, 2.45) is 0 Å². The molecule has 0 saturated heterocycles. The molecule has 0 spiro atoms. The number of nitrogens with zero attached hydrogens (tertiary/aromatic N) is 2. The average molecular weight is 328 g/mol. The Balaban J connectivity index is 1.57. The lowest BCUT2D eigenvalue weighted by Gasteiger charge is -2.38. The van der Waals surface area contributed by atoms with Crippen molar-refractivity contribution in [3.05, 3.63) is 41.6 Å². The lowest BCUT2D eigenvalue weighted by atomic mass is 9.96. The molecule has 1 aliphatic carbocycles. The number of benzene rings is 1. The zero-order valence-corrected chi connectivity index (χ0v) is 14.4. The normalized spacial score (nSPS) is 18.5. The van der Waals surface area contributed by atoms with Crippen LogP contribution >= 0.6 is 0 Å². The number of aromatic nitrogens is 1. The third-order valence-electron chi connectivity index (χ3n) is 5.27. The molecule has 0 amide bonds. The van der Waals surface area contributed by atoms with E-state index >= 15 is 0 Å². The molecule has 1 aromatic carbocycles. The second-order valence-corrected chi connectivity index (χ2v) is 7.09. The Labute approximate surface area is 142 Å². The number of rotatable bonds is 5. The van der Waals surface area contributed by atoms with Crippen molar-refractivity contribution in [2.75, 3.05) is 6.79 Å². The fourth-order valence-electron chi connectivity index (χ4n) is 3.82. The Kier molecular flexibility index (Phi) is 3.96. The summed E-state index contributed by atoms with van der Waals surface area (Å²) in [4.78, 5) is 6.77. The molecule has 0 N–H and O–H groups in total. The minimum atomic E-state index is 0.205. The third kappa shape index (κ3) is 3.00. The van der Waals surface area contributed by atoms with Crippen LogP contribution in [0.5, 0.6) is 11.5 Å². The van der Waals surface area contributed by atoms with E-state index in [-0.39, 0.29) is 5.54 Å². The summed E-state index contributed by atoms with van der Waals surface area (Å²) in [5.74, 6) is 3.34. The lowest BCUT2D eigenvalue weighted by molar-refractivity contribution is 0.0826. The van der Waals surface area contributed by atoms with Crippen LogP contribution in [-0.2, 0) is 13.1 Å². The Hall–Kier alpha value is -2.01. The maximum absolute atomic E-state index is 5.73. The summed E-state index contributed by atoms with van der Waals surface area (Å²) in [6, 6.07) is 6.23. The molecule has 1 aliphatic heterocycles. The van der Waals surface area contributed by atoms with Gasteiger partial charge in [-0.2, -0.15) is 0 Å². The monoisotopic (exact) mass is 328 g/mol. The van der Waals surface area contributed by atoms with E-state index in [1.165, 1.54) is 31.2 Å². The molecule has 4 rings (SSSR count). The van der Waals surface area contributed by atoms with Crippen LogP contribution in [0.25, 0.3) is 0 Å². The van der Waals surface area contributed by atoms with Crippen molar-refractivity contribution >= 4 is 0 Å². The zero-order chi connectivity index (χ0) is 16.6. The molecule has 24 heavy (non-hydrogen) atoms. The van der Waals surface area contributed by atoms with Crippen LogP contribution in [-0.4, -0.2) is 22.2 Å². The molecule has 2 aromatic rings. The molecular weight excluding hydrogens is 304 g/mol. The molecule has 128 valence electrons. The van der Waals surface area contributed by atoms with Crippen molar-refractivity contribution in [3.8, 4) is 11.5 Å². The molecule has 2 aliphatic rings. The molecule has 2 heterocycles. The van der Waals surface area contributed by atoms with Crippen LogP contribution in [0.3, 0.4) is 0 Å². The van der Waals surface area contributed by atoms with Gasteiger partial charge in [-0.25, -0.2) is 4.98 Å². The summed E-state index contributed by atoms with van der Waals surface area (Å²) < 4.78 is 16.7. The maximum Gasteiger partial charge on any atom is 0.231 e. The predicted molar refractivity (Wildman–Crippen MR) is 89.9 cm³/mol. The largest absolute Gasteiger partial charge is 0.454 e. The Morgan fingerprint density at radius 1 is 1.12 bits per heavy atom. The quantitative estimate of drug-likeness (QED) is 0.829. The molecule has 5 heteroatoms. The van der Waals surface area contributed by atoms with Crippen molar-refractivity contribution in [1.29, 1.82) is 0 Å². The highest BCUT2D eigenvalue weighted by atomic mass is 16.7. The standard InChI is InChI=1S/C19H24N2O3/c1-14-20-10-16(24-14)12-21(19(2)7-3-4-8-19)11-15-5-6-17-18(9-15)23-13-22-17/h5-6,9-10H,3-4,7-8,11-13H2,1-2H3. The Morgan fingerprint density at radius 3 is 2.67 bits per heavy atom. The molecule has 0 atom stereocenters. The minimum Gasteiger partial charge on any atom is -0.454 e. The van der Waals surface area contributed by atoms with Crippen LogP contribution in [0.1, 0.15) is 49.8 Å². The van der Waals surface area contributed by atoms with E-state index in [9.17, 15) is 0 Å². The van der Waals surface area contributed by atoms with Gasteiger partial charge in [0.1, 0.15) is 5.76 Å². The molecule has 1 aromatic heterocycles. The van der Waals surface area contributed by atoms with E-state index in [0.717, 1.165) is 36.2 Å². The number of oxazole rings is 1. The summed E-state index contributed by atoms with van der Waals surface area (Å²) in [5, 5.41) is 0. The molecule has 1 fully saturated rings. The number of ether oxygens (including phenoxy) is 2. The fourth-order valence-corrected chi connectivity index (χ4v) is 3.82. The number of hydrogen-bond donors (Lipinski definition) is 0. The van der Waals surface area contributed by atoms with Gasteiger partial charge in [0, 0.05) is 19.0 Å². The first-order valence-electron chi connectivity index (χ1n) is 8.67. The van der Waals surface area contributed by atoms with Gasteiger partial charge in [-0.05, 0) is 37.5 Å². The number of hydrogen-bond acceptors (Lipinski definition) is 5. The van der Waals surface area contributed by atoms with E-state index in [4.69, 9.17) is 13.9 Å². The smallest absolute Gasteiger partial charge is 0.231 e. The number of aryl methyl sites for hydroxylation is 1. The van der Waals surface area contributed by atoms with Gasteiger partial charge in [-0.3, -0.25) is 4.90 Å². The maximum atomic E-state index is 5.73.